The van der Waals surface area contributed by atoms with E-state index < -0.39 is 0 Å². The average Bonchev–Trinajstić information content (AvgIpc) is 3.01. The maximum absolute atomic E-state index is 12.1. The summed E-state index contributed by atoms with van der Waals surface area (Å²) in [5.74, 6) is -0.919. The Labute approximate surface area is 117 Å². The molecule has 0 amide bonds. The van der Waals surface area contributed by atoms with Crippen molar-refractivity contribution in [2.24, 2.45) is 0 Å². The number of carbonyl (C=O) groups is 2. The van der Waals surface area contributed by atoms with Crippen LogP contribution in [0.4, 0.5) is 0 Å². The van der Waals surface area contributed by atoms with Gasteiger partial charge in [0.15, 0.2) is 6.61 Å². The Bertz CT molecular complexity index is 561. The summed E-state index contributed by atoms with van der Waals surface area (Å²) < 4.78 is 5.13. The number of Topliss-reactive ketones (excluding diaryl/α,β-unsaturated/α-hetero) is 1. The number of nitrogens with one attached hydrogen (secondary N) is 1. The van der Waals surface area contributed by atoms with E-state index >= 15 is 0 Å². The number of benzene rings is 1. The second-order valence-electron chi connectivity index (χ2n) is 4.49. The molecule has 4 heteroatoms. The zero-order valence-electron chi connectivity index (χ0n) is 11.3. The third-order valence-electron chi connectivity index (χ3n) is 3.14. The first-order valence-electron chi connectivity index (χ1n) is 6.60. The van der Waals surface area contributed by atoms with E-state index in [1.807, 2.05) is 37.3 Å². The fraction of sp³-hybridized carbons (Fsp3) is 0.250. The standard InChI is InChI=1S/C16H17NO3/c1-2-13(12-7-4-3-5-8-12)16(19)20-11-15(18)14-9-6-10-17-14/h3-10,13,17H,2,11H2,1H3/t13-/m0/s1. The summed E-state index contributed by atoms with van der Waals surface area (Å²) in [5, 5.41) is 0. The van der Waals surface area contributed by atoms with Gasteiger partial charge < -0.3 is 9.72 Å². The zero-order chi connectivity index (χ0) is 14.4. The SMILES string of the molecule is CC[C@H](C(=O)OCC(=O)c1ccc[nH]1)c1ccccc1. The zero-order valence-corrected chi connectivity index (χ0v) is 11.3. The average molecular weight is 271 g/mol. The number of H-pyrrole nitrogens is 1. The first-order chi connectivity index (χ1) is 9.72. The lowest BCUT2D eigenvalue weighted by molar-refractivity contribution is -0.144. The monoisotopic (exact) mass is 271 g/mol. The minimum atomic E-state index is -0.362. The second kappa shape index (κ2) is 6.70. The van der Waals surface area contributed by atoms with Gasteiger partial charge in [0.25, 0.3) is 0 Å². The number of hydrogen-bond acceptors (Lipinski definition) is 3. The van der Waals surface area contributed by atoms with Crippen molar-refractivity contribution in [3.63, 3.8) is 0 Å². The first-order valence-corrected chi connectivity index (χ1v) is 6.60. The summed E-state index contributed by atoms with van der Waals surface area (Å²) >= 11 is 0. The van der Waals surface area contributed by atoms with Crippen molar-refractivity contribution in [2.75, 3.05) is 6.61 Å². The Kier molecular flexibility index (Phi) is 4.71. The lowest BCUT2D eigenvalue weighted by atomic mass is 9.97. The Balaban J connectivity index is 1.95. The van der Waals surface area contributed by atoms with E-state index in [1.165, 1.54) is 0 Å². The van der Waals surface area contributed by atoms with Crippen LogP contribution in [-0.2, 0) is 9.53 Å². The molecular weight excluding hydrogens is 254 g/mol. The van der Waals surface area contributed by atoms with Crippen molar-refractivity contribution < 1.29 is 14.3 Å². The van der Waals surface area contributed by atoms with Crippen molar-refractivity contribution in [1.29, 1.82) is 0 Å². The van der Waals surface area contributed by atoms with Crippen LogP contribution in [0.25, 0.3) is 0 Å². The van der Waals surface area contributed by atoms with Gasteiger partial charge in [0, 0.05) is 6.20 Å². The van der Waals surface area contributed by atoms with E-state index in [1.54, 1.807) is 18.3 Å². The quantitative estimate of drug-likeness (QED) is 0.649. The van der Waals surface area contributed by atoms with Gasteiger partial charge >= 0.3 is 5.97 Å². The van der Waals surface area contributed by atoms with Crippen LogP contribution in [0.3, 0.4) is 0 Å². The van der Waals surface area contributed by atoms with Crippen LogP contribution in [0.15, 0.2) is 48.7 Å². The Morgan fingerprint density at radius 3 is 2.50 bits per heavy atom. The van der Waals surface area contributed by atoms with Gasteiger partial charge in [-0.25, -0.2) is 0 Å². The molecule has 0 unspecified atom stereocenters. The Morgan fingerprint density at radius 1 is 1.15 bits per heavy atom. The van der Waals surface area contributed by atoms with E-state index in [0.717, 1.165) is 5.56 Å². The van der Waals surface area contributed by atoms with Crippen LogP contribution in [0.1, 0.15) is 35.3 Å². The molecule has 0 saturated heterocycles. The van der Waals surface area contributed by atoms with Gasteiger partial charge in [-0.3, -0.25) is 9.59 Å². The lowest BCUT2D eigenvalue weighted by Crippen LogP contribution is -2.20. The summed E-state index contributed by atoms with van der Waals surface area (Å²) in [6, 6.07) is 12.8. The van der Waals surface area contributed by atoms with Gasteiger partial charge in [-0.05, 0) is 24.1 Å². The smallest absolute Gasteiger partial charge is 0.313 e. The molecule has 0 saturated carbocycles. The highest BCUT2D eigenvalue weighted by Gasteiger charge is 2.21. The van der Waals surface area contributed by atoms with Gasteiger partial charge in [-0.1, -0.05) is 37.3 Å². The third kappa shape index (κ3) is 3.35. The third-order valence-corrected chi connectivity index (χ3v) is 3.14. The van der Waals surface area contributed by atoms with Crippen LogP contribution < -0.4 is 0 Å². The van der Waals surface area contributed by atoms with Crippen LogP contribution in [0, 0.1) is 0 Å². The number of aromatic nitrogens is 1. The molecule has 1 atom stereocenters. The van der Waals surface area contributed by atoms with Crippen LogP contribution in [-0.4, -0.2) is 23.3 Å². The normalized spacial score (nSPS) is 11.8. The molecule has 1 aromatic heterocycles. The minimum absolute atomic E-state index is 0.230. The maximum Gasteiger partial charge on any atom is 0.313 e. The number of esters is 1. The van der Waals surface area contributed by atoms with Gasteiger partial charge in [0.2, 0.25) is 5.78 Å². The van der Waals surface area contributed by atoms with Crippen molar-refractivity contribution in [1.82, 2.24) is 4.98 Å². The summed E-state index contributed by atoms with van der Waals surface area (Å²) in [7, 11) is 0. The van der Waals surface area contributed by atoms with E-state index in [2.05, 4.69) is 4.98 Å². The summed E-state index contributed by atoms with van der Waals surface area (Å²) in [6.07, 6.45) is 2.30. The van der Waals surface area contributed by atoms with E-state index in [9.17, 15) is 9.59 Å². The molecule has 0 radical (unpaired) electrons. The highest BCUT2D eigenvalue weighted by Crippen LogP contribution is 2.20. The van der Waals surface area contributed by atoms with E-state index in [4.69, 9.17) is 4.74 Å². The molecule has 0 bridgehead atoms. The highest BCUT2D eigenvalue weighted by atomic mass is 16.5. The predicted octanol–water partition coefficient (Wildman–Crippen LogP) is 2.93. The fourth-order valence-corrected chi connectivity index (χ4v) is 2.04. The molecule has 0 aliphatic rings. The number of ketones is 1. The van der Waals surface area contributed by atoms with Crippen LogP contribution >= 0.6 is 0 Å². The molecule has 1 aromatic carbocycles. The largest absolute Gasteiger partial charge is 0.457 e. The maximum atomic E-state index is 12.1. The summed E-state index contributed by atoms with van der Waals surface area (Å²) in [5.41, 5.74) is 1.36. The number of rotatable bonds is 6. The van der Waals surface area contributed by atoms with Gasteiger partial charge in [0.1, 0.15) is 0 Å². The lowest BCUT2D eigenvalue weighted by Gasteiger charge is -2.14. The number of carbonyl (C=O) groups excluding carboxylic acids is 2. The highest BCUT2D eigenvalue weighted by molar-refractivity contribution is 5.96. The van der Waals surface area contributed by atoms with Gasteiger partial charge in [-0.2, -0.15) is 0 Å². The Hall–Kier alpha value is -2.36. The molecule has 0 spiro atoms. The number of aromatic amines is 1. The van der Waals surface area contributed by atoms with Crippen molar-refractivity contribution in [3.8, 4) is 0 Å². The summed E-state index contributed by atoms with van der Waals surface area (Å²) in [6.45, 7) is 1.69. The second-order valence-corrected chi connectivity index (χ2v) is 4.49. The molecule has 0 fully saturated rings. The van der Waals surface area contributed by atoms with Crippen molar-refractivity contribution in [2.45, 2.75) is 19.3 Å². The first kappa shape index (κ1) is 14.1. The molecule has 1 N–H and O–H groups in total. The van der Waals surface area contributed by atoms with Gasteiger partial charge in [-0.15, -0.1) is 0 Å². The molecule has 0 aliphatic heterocycles. The molecule has 104 valence electrons. The Morgan fingerprint density at radius 2 is 1.90 bits per heavy atom. The van der Waals surface area contributed by atoms with Crippen LogP contribution in [0.2, 0.25) is 0 Å². The molecule has 20 heavy (non-hydrogen) atoms. The number of hydrogen-bond donors (Lipinski definition) is 1. The predicted molar refractivity (Wildman–Crippen MR) is 75.6 cm³/mol. The molecule has 1 heterocycles. The molecule has 0 aliphatic carbocycles. The van der Waals surface area contributed by atoms with E-state index in [-0.39, 0.29) is 24.3 Å². The van der Waals surface area contributed by atoms with Gasteiger partial charge in [0.05, 0.1) is 11.6 Å². The minimum Gasteiger partial charge on any atom is -0.457 e. The fourth-order valence-electron chi connectivity index (χ4n) is 2.04. The topological polar surface area (TPSA) is 59.2 Å². The van der Waals surface area contributed by atoms with Crippen molar-refractivity contribution in [3.05, 3.63) is 59.9 Å². The van der Waals surface area contributed by atoms with Crippen LogP contribution in [0.5, 0.6) is 0 Å². The molecule has 4 nitrogen and oxygen atoms in total. The molecular formula is C16H17NO3. The van der Waals surface area contributed by atoms with Crippen molar-refractivity contribution >= 4 is 11.8 Å². The van der Waals surface area contributed by atoms with E-state index in [0.29, 0.717) is 12.1 Å². The summed E-state index contributed by atoms with van der Waals surface area (Å²) in [4.78, 5) is 26.6. The molecule has 2 rings (SSSR count). The number of ether oxygens (including phenoxy) is 1. The molecule has 2 aromatic rings.